The van der Waals surface area contributed by atoms with Crippen LogP contribution < -0.4 is 0 Å². The van der Waals surface area contributed by atoms with Crippen LogP contribution in [0.2, 0.25) is 0 Å². The first-order chi connectivity index (χ1) is 7.86. The molecule has 0 radical (unpaired) electrons. The lowest BCUT2D eigenvalue weighted by Crippen LogP contribution is -2.19. The van der Waals surface area contributed by atoms with Crippen LogP contribution in [0.3, 0.4) is 0 Å². The highest BCUT2D eigenvalue weighted by Gasteiger charge is 2.19. The summed E-state index contributed by atoms with van der Waals surface area (Å²) in [5.74, 6) is 0.985. The number of hydrogen-bond acceptors (Lipinski definition) is 2. The molecule has 1 saturated heterocycles. The maximum Gasteiger partial charge on any atom is 0.158 e. The highest BCUT2D eigenvalue weighted by Crippen LogP contribution is 2.24. The van der Waals surface area contributed by atoms with E-state index in [9.17, 15) is 4.79 Å². The van der Waals surface area contributed by atoms with Crippen LogP contribution in [0.25, 0.3) is 0 Å². The molecule has 0 spiro atoms. The van der Waals surface area contributed by atoms with E-state index in [1.165, 1.54) is 19.3 Å². The summed E-state index contributed by atoms with van der Waals surface area (Å²) < 4.78 is 5.32. The molecule has 0 saturated carbocycles. The van der Waals surface area contributed by atoms with Crippen molar-refractivity contribution >= 4 is 5.78 Å². The Kier molecular flexibility index (Phi) is 4.58. The average molecular weight is 222 g/mol. The number of ether oxygens (including phenoxy) is 1. The summed E-state index contributed by atoms with van der Waals surface area (Å²) in [6.45, 7) is 1.69. The molecule has 1 aliphatic carbocycles. The zero-order chi connectivity index (χ0) is 11.2. The molecule has 0 aromatic carbocycles. The van der Waals surface area contributed by atoms with E-state index in [4.69, 9.17) is 4.74 Å². The molecule has 1 heterocycles. The number of carbonyl (C=O) groups is 1. The van der Waals surface area contributed by atoms with Gasteiger partial charge in [0.25, 0.3) is 0 Å². The number of ketones is 1. The fourth-order valence-corrected chi connectivity index (χ4v) is 2.61. The van der Waals surface area contributed by atoms with Crippen LogP contribution in [-0.4, -0.2) is 19.0 Å². The second-order valence-electron chi connectivity index (χ2n) is 5.01. The van der Waals surface area contributed by atoms with Gasteiger partial charge in [-0.1, -0.05) is 12.5 Å². The average Bonchev–Trinajstić information content (AvgIpc) is 2.59. The third kappa shape index (κ3) is 3.44. The van der Waals surface area contributed by atoms with Gasteiger partial charge in [-0.15, -0.1) is 0 Å². The topological polar surface area (TPSA) is 26.3 Å². The normalized spacial score (nSPS) is 23.6. The number of Topliss-reactive ketones (excluding diaryl/α,β-unsaturated/α-hetero) is 1. The molecule has 0 unspecified atom stereocenters. The molecule has 2 rings (SSSR count). The van der Waals surface area contributed by atoms with Crippen LogP contribution in [0, 0.1) is 5.92 Å². The highest BCUT2D eigenvalue weighted by atomic mass is 16.5. The Hall–Kier alpha value is -0.630. The van der Waals surface area contributed by atoms with Crippen LogP contribution in [0.4, 0.5) is 0 Å². The molecule has 0 aromatic heterocycles. The molecule has 0 aromatic rings. The minimum atomic E-state index is 0.411. The van der Waals surface area contributed by atoms with Crippen LogP contribution >= 0.6 is 0 Å². The fourth-order valence-electron chi connectivity index (χ4n) is 2.61. The van der Waals surface area contributed by atoms with E-state index >= 15 is 0 Å². The van der Waals surface area contributed by atoms with Crippen molar-refractivity contribution in [2.24, 2.45) is 5.92 Å². The van der Waals surface area contributed by atoms with E-state index in [0.717, 1.165) is 50.9 Å². The maximum absolute atomic E-state index is 12.1. The van der Waals surface area contributed by atoms with E-state index in [1.54, 1.807) is 0 Å². The van der Waals surface area contributed by atoms with Gasteiger partial charge >= 0.3 is 0 Å². The second kappa shape index (κ2) is 6.19. The van der Waals surface area contributed by atoms with Crippen LogP contribution in [0.5, 0.6) is 0 Å². The van der Waals surface area contributed by atoms with Crippen molar-refractivity contribution in [3.05, 3.63) is 11.6 Å². The monoisotopic (exact) mass is 222 g/mol. The lowest BCUT2D eigenvalue weighted by Gasteiger charge is -2.21. The van der Waals surface area contributed by atoms with Gasteiger partial charge in [0, 0.05) is 19.6 Å². The van der Waals surface area contributed by atoms with Crippen molar-refractivity contribution in [2.75, 3.05) is 13.2 Å². The van der Waals surface area contributed by atoms with E-state index in [1.807, 2.05) is 0 Å². The smallest absolute Gasteiger partial charge is 0.158 e. The van der Waals surface area contributed by atoms with Gasteiger partial charge in [0.15, 0.2) is 5.78 Å². The van der Waals surface area contributed by atoms with Gasteiger partial charge in [0.2, 0.25) is 0 Å². The molecular weight excluding hydrogens is 200 g/mol. The van der Waals surface area contributed by atoms with E-state index in [0.29, 0.717) is 11.7 Å². The number of hydrogen-bond donors (Lipinski definition) is 0. The number of allylic oxidation sites excluding steroid dienone is 2. The number of carbonyl (C=O) groups excluding carboxylic acids is 1. The minimum absolute atomic E-state index is 0.411. The van der Waals surface area contributed by atoms with Crippen molar-refractivity contribution in [1.29, 1.82) is 0 Å². The first-order valence-corrected chi connectivity index (χ1v) is 6.66. The van der Waals surface area contributed by atoms with Gasteiger partial charge in [-0.3, -0.25) is 4.79 Å². The Bertz CT molecular complexity index is 262. The highest BCUT2D eigenvalue weighted by molar-refractivity contribution is 5.95. The first kappa shape index (κ1) is 11.8. The zero-order valence-corrected chi connectivity index (χ0v) is 10.0. The Morgan fingerprint density at radius 1 is 1.25 bits per heavy atom. The third-order valence-corrected chi connectivity index (χ3v) is 3.71. The van der Waals surface area contributed by atoms with Crippen molar-refractivity contribution in [3.63, 3.8) is 0 Å². The predicted molar refractivity (Wildman–Crippen MR) is 64.3 cm³/mol. The summed E-state index contributed by atoms with van der Waals surface area (Å²) in [7, 11) is 0. The Balaban J connectivity index is 1.83. The maximum atomic E-state index is 12.1. The molecule has 2 aliphatic rings. The van der Waals surface area contributed by atoms with E-state index in [-0.39, 0.29) is 0 Å². The van der Waals surface area contributed by atoms with Crippen LogP contribution in [-0.2, 0) is 9.53 Å². The lowest BCUT2D eigenvalue weighted by atomic mass is 9.91. The Labute approximate surface area is 98.1 Å². The standard InChI is InChI=1S/C14H22O2/c15-14(11-12-7-9-16-10-8-12)13-5-3-1-2-4-6-13/h5,12H,1-4,6-11H2. The summed E-state index contributed by atoms with van der Waals surface area (Å²) in [6.07, 6.45) is 10.9. The fraction of sp³-hybridized carbons (Fsp3) is 0.786. The third-order valence-electron chi connectivity index (χ3n) is 3.71. The molecule has 16 heavy (non-hydrogen) atoms. The molecule has 0 bridgehead atoms. The first-order valence-electron chi connectivity index (χ1n) is 6.66. The quantitative estimate of drug-likeness (QED) is 0.732. The second-order valence-corrected chi connectivity index (χ2v) is 5.01. The van der Waals surface area contributed by atoms with Crippen molar-refractivity contribution in [3.8, 4) is 0 Å². The molecule has 0 amide bonds. The van der Waals surface area contributed by atoms with Crippen molar-refractivity contribution in [1.82, 2.24) is 0 Å². The lowest BCUT2D eigenvalue weighted by molar-refractivity contribution is -0.117. The molecular formula is C14H22O2. The molecule has 1 aliphatic heterocycles. The molecule has 0 atom stereocenters. The van der Waals surface area contributed by atoms with Crippen LogP contribution in [0.15, 0.2) is 11.6 Å². The zero-order valence-electron chi connectivity index (χ0n) is 10.0. The molecule has 0 N–H and O–H groups in total. The SMILES string of the molecule is O=C(CC1CCOCC1)C1=CCCCCC1. The van der Waals surface area contributed by atoms with Gasteiger partial charge in [-0.2, -0.15) is 0 Å². The predicted octanol–water partition coefficient (Wildman–Crippen LogP) is 3.26. The van der Waals surface area contributed by atoms with Crippen molar-refractivity contribution in [2.45, 2.75) is 51.4 Å². The summed E-state index contributed by atoms with van der Waals surface area (Å²) in [5, 5.41) is 0. The van der Waals surface area contributed by atoms with Gasteiger partial charge in [0.1, 0.15) is 0 Å². The minimum Gasteiger partial charge on any atom is -0.381 e. The Morgan fingerprint density at radius 3 is 2.88 bits per heavy atom. The molecule has 2 nitrogen and oxygen atoms in total. The largest absolute Gasteiger partial charge is 0.381 e. The van der Waals surface area contributed by atoms with Crippen molar-refractivity contribution < 1.29 is 9.53 Å². The molecule has 90 valence electrons. The van der Waals surface area contributed by atoms with Gasteiger partial charge in [-0.25, -0.2) is 0 Å². The van der Waals surface area contributed by atoms with Gasteiger partial charge < -0.3 is 4.74 Å². The molecule has 2 heteroatoms. The Morgan fingerprint density at radius 2 is 2.06 bits per heavy atom. The summed E-state index contributed by atoms with van der Waals surface area (Å²) >= 11 is 0. The van der Waals surface area contributed by atoms with Crippen LogP contribution in [0.1, 0.15) is 51.4 Å². The van der Waals surface area contributed by atoms with E-state index in [2.05, 4.69) is 6.08 Å². The summed E-state index contributed by atoms with van der Waals surface area (Å²) in [6, 6.07) is 0. The van der Waals surface area contributed by atoms with E-state index < -0.39 is 0 Å². The van der Waals surface area contributed by atoms with Gasteiger partial charge in [-0.05, 0) is 50.0 Å². The summed E-state index contributed by atoms with van der Waals surface area (Å²) in [4.78, 5) is 12.1. The molecule has 1 fully saturated rings. The van der Waals surface area contributed by atoms with Gasteiger partial charge in [0.05, 0.1) is 0 Å². The summed E-state index contributed by atoms with van der Waals surface area (Å²) in [5.41, 5.74) is 1.11. The number of rotatable bonds is 3.